The summed E-state index contributed by atoms with van der Waals surface area (Å²) in [5.74, 6) is 0.0117. The number of likely N-dealkylation sites (N-methyl/N-ethyl adjacent to an activating group) is 1. The molecular formula is C15H21NO4S. The van der Waals surface area contributed by atoms with Gasteiger partial charge in [0.25, 0.3) is 0 Å². The Kier molecular flexibility index (Phi) is 5.00. The summed E-state index contributed by atoms with van der Waals surface area (Å²) in [6.45, 7) is 1.39. The van der Waals surface area contributed by atoms with E-state index in [1.165, 1.54) is 18.4 Å². The lowest BCUT2D eigenvalue weighted by molar-refractivity contribution is -0.130. The van der Waals surface area contributed by atoms with Crippen LogP contribution in [0.3, 0.4) is 0 Å². The van der Waals surface area contributed by atoms with Gasteiger partial charge in [0.2, 0.25) is 5.91 Å². The number of rotatable bonds is 5. The first-order valence-corrected chi connectivity index (χ1v) is 8.90. The van der Waals surface area contributed by atoms with Crippen LogP contribution >= 0.6 is 0 Å². The minimum absolute atomic E-state index is 0.0117. The third-order valence-corrected chi connectivity index (χ3v) is 4.76. The summed E-state index contributed by atoms with van der Waals surface area (Å²) in [5.41, 5.74) is 0.812. The van der Waals surface area contributed by atoms with E-state index in [0.717, 1.165) is 25.0 Å². The SMILES string of the molecule is CN(C[C@@H]1CCCO1)C(=O)Cc1ccc(S(C)(=O)=O)cc1. The van der Waals surface area contributed by atoms with Crippen LogP contribution in [0.15, 0.2) is 29.2 Å². The van der Waals surface area contributed by atoms with Crippen molar-refractivity contribution in [1.29, 1.82) is 0 Å². The number of hydrogen-bond donors (Lipinski definition) is 0. The molecule has 0 bridgehead atoms. The first-order valence-electron chi connectivity index (χ1n) is 7.01. The number of sulfone groups is 1. The van der Waals surface area contributed by atoms with Crippen LogP contribution in [0.4, 0.5) is 0 Å². The van der Waals surface area contributed by atoms with Gasteiger partial charge in [-0.2, -0.15) is 0 Å². The van der Waals surface area contributed by atoms with Crippen molar-refractivity contribution in [3.05, 3.63) is 29.8 Å². The highest BCUT2D eigenvalue weighted by molar-refractivity contribution is 7.90. The molecule has 1 aliphatic rings. The highest BCUT2D eigenvalue weighted by atomic mass is 32.2. The van der Waals surface area contributed by atoms with E-state index < -0.39 is 9.84 Å². The molecule has 1 atom stereocenters. The van der Waals surface area contributed by atoms with E-state index in [1.54, 1.807) is 24.1 Å². The molecule has 0 radical (unpaired) electrons. The Morgan fingerprint density at radius 2 is 2.00 bits per heavy atom. The number of amides is 1. The number of ether oxygens (including phenoxy) is 1. The fourth-order valence-electron chi connectivity index (χ4n) is 2.36. The normalized spacial score (nSPS) is 18.7. The van der Waals surface area contributed by atoms with Crippen LogP contribution < -0.4 is 0 Å². The van der Waals surface area contributed by atoms with E-state index in [2.05, 4.69) is 0 Å². The largest absolute Gasteiger partial charge is 0.376 e. The Labute approximate surface area is 125 Å². The van der Waals surface area contributed by atoms with Crippen LogP contribution in [-0.2, 0) is 25.8 Å². The minimum Gasteiger partial charge on any atom is -0.376 e. The lowest BCUT2D eigenvalue weighted by Crippen LogP contribution is -2.35. The van der Waals surface area contributed by atoms with Gasteiger partial charge in [0.15, 0.2) is 9.84 Å². The summed E-state index contributed by atoms with van der Waals surface area (Å²) in [5, 5.41) is 0. The van der Waals surface area contributed by atoms with Crippen LogP contribution in [0, 0.1) is 0 Å². The first-order chi connectivity index (χ1) is 9.86. The predicted octanol–water partition coefficient (Wildman–Crippen LogP) is 1.27. The van der Waals surface area contributed by atoms with Gasteiger partial charge in [-0.25, -0.2) is 8.42 Å². The lowest BCUT2D eigenvalue weighted by Gasteiger charge is -2.20. The third kappa shape index (κ3) is 4.54. The molecule has 5 nitrogen and oxygen atoms in total. The summed E-state index contributed by atoms with van der Waals surface area (Å²) in [6, 6.07) is 6.46. The number of hydrogen-bond acceptors (Lipinski definition) is 4. The molecule has 0 aromatic heterocycles. The summed E-state index contributed by atoms with van der Waals surface area (Å²) in [7, 11) is -1.42. The van der Waals surface area contributed by atoms with Gasteiger partial charge in [0.05, 0.1) is 17.4 Å². The lowest BCUT2D eigenvalue weighted by atomic mass is 10.1. The topological polar surface area (TPSA) is 63.7 Å². The summed E-state index contributed by atoms with van der Waals surface area (Å²) in [4.78, 5) is 14.1. The van der Waals surface area contributed by atoms with Crippen molar-refractivity contribution in [2.24, 2.45) is 0 Å². The maximum atomic E-state index is 12.1. The van der Waals surface area contributed by atoms with Gasteiger partial charge in [-0.1, -0.05) is 12.1 Å². The van der Waals surface area contributed by atoms with Crippen molar-refractivity contribution in [3.8, 4) is 0 Å². The van der Waals surface area contributed by atoms with Crippen LogP contribution in [0.25, 0.3) is 0 Å². The molecule has 1 saturated heterocycles. The van der Waals surface area contributed by atoms with Gasteiger partial charge >= 0.3 is 0 Å². The minimum atomic E-state index is -3.19. The van der Waals surface area contributed by atoms with Gasteiger partial charge in [-0.05, 0) is 30.5 Å². The molecule has 21 heavy (non-hydrogen) atoms. The van der Waals surface area contributed by atoms with Crippen molar-refractivity contribution in [2.45, 2.75) is 30.3 Å². The Morgan fingerprint density at radius 1 is 1.33 bits per heavy atom. The quantitative estimate of drug-likeness (QED) is 0.821. The number of benzene rings is 1. The Hall–Kier alpha value is -1.40. The van der Waals surface area contributed by atoms with Gasteiger partial charge in [-0.15, -0.1) is 0 Å². The zero-order valence-corrected chi connectivity index (χ0v) is 13.2. The summed E-state index contributed by atoms with van der Waals surface area (Å²) < 4.78 is 28.3. The average Bonchev–Trinajstić information content (AvgIpc) is 2.91. The van der Waals surface area contributed by atoms with Gasteiger partial charge in [-0.3, -0.25) is 4.79 Å². The summed E-state index contributed by atoms with van der Waals surface area (Å²) >= 11 is 0. The third-order valence-electron chi connectivity index (χ3n) is 3.63. The first kappa shape index (κ1) is 16.0. The molecule has 1 amide bonds. The van der Waals surface area contributed by atoms with E-state index in [1.807, 2.05) is 0 Å². The molecule has 116 valence electrons. The maximum Gasteiger partial charge on any atom is 0.226 e. The number of carbonyl (C=O) groups is 1. The standard InChI is InChI=1S/C15H21NO4S/c1-16(11-13-4-3-9-20-13)15(17)10-12-5-7-14(8-6-12)21(2,18)19/h5-8,13H,3-4,9-11H2,1-2H3/t13-/m0/s1. The van der Waals surface area contributed by atoms with E-state index in [0.29, 0.717) is 6.54 Å². The number of nitrogens with zero attached hydrogens (tertiary/aromatic N) is 1. The zero-order valence-electron chi connectivity index (χ0n) is 12.4. The zero-order chi connectivity index (χ0) is 15.5. The van der Waals surface area contributed by atoms with Crippen molar-refractivity contribution < 1.29 is 17.9 Å². The van der Waals surface area contributed by atoms with Crippen molar-refractivity contribution >= 4 is 15.7 Å². The predicted molar refractivity (Wildman–Crippen MR) is 79.9 cm³/mol. The van der Waals surface area contributed by atoms with Crippen molar-refractivity contribution in [3.63, 3.8) is 0 Å². The monoisotopic (exact) mass is 311 g/mol. The van der Waals surface area contributed by atoms with E-state index >= 15 is 0 Å². The summed E-state index contributed by atoms with van der Waals surface area (Å²) in [6.07, 6.45) is 3.64. The molecule has 1 fully saturated rings. The fraction of sp³-hybridized carbons (Fsp3) is 0.533. The molecule has 0 unspecified atom stereocenters. The smallest absolute Gasteiger partial charge is 0.226 e. The molecule has 0 spiro atoms. The highest BCUT2D eigenvalue weighted by Crippen LogP contribution is 2.14. The molecule has 0 aliphatic carbocycles. The van der Waals surface area contributed by atoms with Crippen molar-refractivity contribution in [1.82, 2.24) is 4.90 Å². The molecule has 1 heterocycles. The molecule has 6 heteroatoms. The molecule has 0 saturated carbocycles. The second kappa shape index (κ2) is 6.58. The average molecular weight is 311 g/mol. The molecule has 0 N–H and O–H groups in total. The fourth-order valence-corrected chi connectivity index (χ4v) is 2.99. The molecule has 2 rings (SSSR count). The highest BCUT2D eigenvalue weighted by Gasteiger charge is 2.20. The Balaban J connectivity index is 1.92. The molecular weight excluding hydrogens is 290 g/mol. The van der Waals surface area contributed by atoms with Crippen LogP contribution in [0.5, 0.6) is 0 Å². The Bertz CT molecular complexity index is 589. The van der Waals surface area contributed by atoms with Gasteiger partial charge < -0.3 is 9.64 Å². The second-order valence-corrected chi connectivity index (χ2v) is 7.52. The van der Waals surface area contributed by atoms with Crippen LogP contribution in [0.2, 0.25) is 0 Å². The van der Waals surface area contributed by atoms with Crippen molar-refractivity contribution in [2.75, 3.05) is 26.5 Å². The molecule has 1 aromatic carbocycles. The van der Waals surface area contributed by atoms with Gasteiger partial charge in [0.1, 0.15) is 0 Å². The maximum absolute atomic E-state index is 12.1. The van der Waals surface area contributed by atoms with E-state index in [9.17, 15) is 13.2 Å². The van der Waals surface area contributed by atoms with E-state index in [-0.39, 0.29) is 23.3 Å². The molecule has 1 aliphatic heterocycles. The second-order valence-electron chi connectivity index (χ2n) is 5.50. The van der Waals surface area contributed by atoms with E-state index in [4.69, 9.17) is 4.74 Å². The van der Waals surface area contributed by atoms with Crippen LogP contribution in [0.1, 0.15) is 18.4 Å². The number of carbonyl (C=O) groups excluding carboxylic acids is 1. The Morgan fingerprint density at radius 3 is 2.52 bits per heavy atom. The van der Waals surface area contributed by atoms with Crippen LogP contribution in [-0.4, -0.2) is 51.8 Å². The molecule has 1 aromatic rings. The van der Waals surface area contributed by atoms with Gasteiger partial charge in [0, 0.05) is 26.5 Å².